The molecule has 1 N–H and O–H groups in total. The van der Waals surface area contributed by atoms with Crippen molar-refractivity contribution in [2.75, 3.05) is 36.3 Å². The molecule has 35 heavy (non-hydrogen) atoms. The molecule has 1 amide bonds. The third kappa shape index (κ3) is 18.0. The highest BCUT2D eigenvalue weighted by Crippen LogP contribution is 2.16. The SMILES string of the molecule is CCCCCCCCCCCCCCCCCCNC(=O)Cc1ccc(N(CCCl)CCCl)cc1. The molecule has 0 aromatic heterocycles. The van der Waals surface area contributed by atoms with Crippen LogP contribution in [0.3, 0.4) is 0 Å². The molecule has 1 aromatic rings. The molecule has 202 valence electrons. The van der Waals surface area contributed by atoms with E-state index >= 15 is 0 Å². The summed E-state index contributed by atoms with van der Waals surface area (Å²) in [6, 6.07) is 8.16. The van der Waals surface area contributed by atoms with Gasteiger partial charge in [-0.25, -0.2) is 0 Å². The minimum atomic E-state index is 0.108. The van der Waals surface area contributed by atoms with E-state index in [1.165, 1.54) is 96.3 Å². The lowest BCUT2D eigenvalue weighted by atomic mass is 10.0. The summed E-state index contributed by atoms with van der Waals surface area (Å²) in [6.45, 7) is 4.61. The quantitative estimate of drug-likeness (QED) is 0.108. The number of carbonyl (C=O) groups is 1. The Labute approximate surface area is 226 Å². The number of hydrogen-bond donors (Lipinski definition) is 1. The highest BCUT2D eigenvalue weighted by Gasteiger charge is 2.07. The Bertz CT molecular complexity index is 603. The maximum atomic E-state index is 12.2. The summed E-state index contributed by atoms with van der Waals surface area (Å²) < 4.78 is 0. The lowest BCUT2D eigenvalue weighted by Gasteiger charge is -2.23. The van der Waals surface area contributed by atoms with Crippen LogP contribution in [-0.2, 0) is 11.2 Å². The number of halogens is 2. The van der Waals surface area contributed by atoms with Gasteiger partial charge in [0.25, 0.3) is 0 Å². The van der Waals surface area contributed by atoms with E-state index in [9.17, 15) is 4.79 Å². The van der Waals surface area contributed by atoms with Crippen molar-refractivity contribution in [3.63, 3.8) is 0 Å². The van der Waals surface area contributed by atoms with Gasteiger partial charge in [-0.15, -0.1) is 23.2 Å². The summed E-state index contributed by atoms with van der Waals surface area (Å²) in [4.78, 5) is 14.4. The summed E-state index contributed by atoms with van der Waals surface area (Å²) in [5.41, 5.74) is 2.14. The lowest BCUT2D eigenvalue weighted by Crippen LogP contribution is -2.28. The standard InChI is InChI=1S/C30H52Cl2N2O/c1-2-3-4-5-6-7-8-9-10-11-12-13-14-15-16-17-24-33-30(35)27-28-18-20-29(21-19-28)34(25-22-31)26-23-32/h18-21H,2-17,22-27H2,1H3,(H,33,35). The molecule has 0 bridgehead atoms. The van der Waals surface area contributed by atoms with Crippen LogP contribution in [-0.4, -0.2) is 37.3 Å². The second-order valence-corrected chi connectivity index (χ2v) is 10.6. The first-order valence-corrected chi connectivity index (χ1v) is 15.5. The predicted molar refractivity (Wildman–Crippen MR) is 156 cm³/mol. The molecule has 0 aliphatic rings. The van der Waals surface area contributed by atoms with E-state index in [4.69, 9.17) is 23.2 Å². The normalized spacial score (nSPS) is 11.1. The van der Waals surface area contributed by atoms with Gasteiger partial charge in [-0.05, 0) is 24.1 Å². The first-order chi connectivity index (χ1) is 17.2. The topological polar surface area (TPSA) is 32.3 Å². The van der Waals surface area contributed by atoms with E-state index in [1.807, 2.05) is 12.1 Å². The highest BCUT2D eigenvalue weighted by molar-refractivity contribution is 6.18. The maximum Gasteiger partial charge on any atom is 0.224 e. The van der Waals surface area contributed by atoms with Gasteiger partial charge in [-0.3, -0.25) is 4.79 Å². The van der Waals surface area contributed by atoms with Crippen molar-refractivity contribution in [1.82, 2.24) is 5.32 Å². The molecule has 0 atom stereocenters. The Hall–Kier alpha value is -0.930. The molecule has 3 nitrogen and oxygen atoms in total. The van der Waals surface area contributed by atoms with E-state index in [1.54, 1.807) is 0 Å². The second kappa shape index (κ2) is 23.5. The molecule has 0 unspecified atom stereocenters. The molecule has 0 aliphatic heterocycles. The Morgan fingerprint density at radius 3 is 1.54 bits per heavy atom. The van der Waals surface area contributed by atoms with Crippen LogP contribution < -0.4 is 10.2 Å². The summed E-state index contributed by atoms with van der Waals surface area (Å²) >= 11 is 11.8. The van der Waals surface area contributed by atoms with Crippen molar-refractivity contribution in [2.24, 2.45) is 0 Å². The zero-order valence-corrected chi connectivity index (χ0v) is 24.0. The fraction of sp³-hybridized carbons (Fsp3) is 0.767. The zero-order valence-electron chi connectivity index (χ0n) is 22.5. The fourth-order valence-corrected chi connectivity index (χ4v) is 4.96. The number of carbonyl (C=O) groups excluding carboxylic acids is 1. The smallest absolute Gasteiger partial charge is 0.224 e. The number of unbranched alkanes of at least 4 members (excludes halogenated alkanes) is 15. The number of alkyl halides is 2. The Morgan fingerprint density at radius 2 is 1.11 bits per heavy atom. The molecular formula is C30H52Cl2N2O. The highest BCUT2D eigenvalue weighted by atomic mass is 35.5. The Balaban J connectivity index is 1.95. The van der Waals surface area contributed by atoms with Crippen molar-refractivity contribution in [3.8, 4) is 0 Å². The van der Waals surface area contributed by atoms with Crippen LogP contribution in [0.5, 0.6) is 0 Å². The molecule has 5 heteroatoms. The number of amides is 1. The van der Waals surface area contributed by atoms with Crippen molar-refractivity contribution in [3.05, 3.63) is 29.8 Å². The number of benzene rings is 1. The Morgan fingerprint density at radius 1 is 0.686 bits per heavy atom. The lowest BCUT2D eigenvalue weighted by molar-refractivity contribution is -0.120. The van der Waals surface area contributed by atoms with Crippen LogP contribution in [0.4, 0.5) is 5.69 Å². The van der Waals surface area contributed by atoms with E-state index in [-0.39, 0.29) is 5.91 Å². The van der Waals surface area contributed by atoms with Gasteiger partial charge in [0.05, 0.1) is 6.42 Å². The number of nitrogens with zero attached hydrogens (tertiary/aromatic N) is 1. The second-order valence-electron chi connectivity index (χ2n) is 9.86. The van der Waals surface area contributed by atoms with Crippen LogP contribution in [0, 0.1) is 0 Å². The minimum Gasteiger partial charge on any atom is -0.369 e. The fourth-order valence-electron chi connectivity index (χ4n) is 4.55. The van der Waals surface area contributed by atoms with Gasteiger partial charge in [0.2, 0.25) is 5.91 Å². The molecule has 1 rings (SSSR count). The average Bonchev–Trinajstić information content (AvgIpc) is 2.86. The first kappa shape index (κ1) is 32.1. The monoisotopic (exact) mass is 526 g/mol. The van der Waals surface area contributed by atoms with Crippen LogP contribution in [0.15, 0.2) is 24.3 Å². The van der Waals surface area contributed by atoms with E-state index in [0.29, 0.717) is 18.2 Å². The van der Waals surface area contributed by atoms with Crippen molar-refractivity contribution >= 4 is 34.8 Å². The Kier molecular flexibility index (Phi) is 21.5. The molecule has 0 heterocycles. The van der Waals surface area contributed by atoms with E-state index in [0.717, 1.165) is 37.3 Å². The predicted octanol–water partition coefficient (Wildman–Crippen LogP) is 8.89. The minimum absolute atomic E-state index is 0.108. The van der Waals surface area contributed by atoms with Crippen molar-refractivity contribution in [1.29, 1.82) is 0 Å². The number of hydrogen-bond acceptors (Lipinski definition) is 2. The van der Waals surface area contributed by atoms with Crippen LogP contribution in [0.25, 0.3) is 0 Å². The number of rotatable bonds is 24. The molecular weight excluding hydrogens is 475 g/mol. The average molecular weight is 528 g/mol. The largest absolute Gasteiger partial charge is 0.369 e. The van der Waals surface area contributed by atoms with E-state index < -0.39 is 0 Å². The molecule has 0 saturated carbocycles. The third-order valence-electron chi connectivity index (χ3n) is 6.73. The third-order valence-corrected chi connectivity index (χ3v) is 7.07. The van der Waals surface area contributed by atoms with Gasteiger partial charge in [-0.1, -0.05) is 115 Å². The first-order valence-electron chi connectivity index (χ1n) is 14.4. The molecule has 1 aromatic carbocycles. The van der Waals surface area contributed by atoms with E-state index in [2.05, 4.69) is 29.3 Å². The van der Waals surface area contributed by atoms with Gasteiger partial charge in [-0.2, -0.15) is 0 Å². The van der Waals surface area contributed by atoms with Crippen LogP contribution >= 0.6 is 23.2 Å². The molecule has 0 fully saturated rings. The van der Waals surface area contributed by atoms with Crippen molar-refractivity contribution < 1.29 is 4.79 Å². The summed E-state index contributed by atoms with van der Waals surface area (Å²) in [5, 5.41) is 3.07. The van der Waals surface area contributed by atoms with Gasteiger partial charge >= 0.3 is 0 Å². The maximum absolute atomic E-state index is 12.2. The number of anilines is 1. The number of nitrogens with one attached hydrogen (secondary N) is 1. The van der Waals surface area contributed by atoms with Gasteiger partial charge < -0.3 is 10.2 Å². The summed E-state index contributed by atoms with van der Waals surface area (Å²) in [7, 11) is 0. The van der Waals surface area contributed by atoms with Crippen LogP contribution in [0.2, 0.25) is 0 Å². The van der Waals surface area contributed by atoms with Gasteiger partial charge in [0.15, 0.2) is 0 Å². The van der Waals surface area contributed by atoms with Gasteiger partial charge in [0, 0.05) is 37.1 Å². The molecule has 0 radical (unpaired) electrons. The summed E-state index contributed by atoms with van der Waals surface area (Å²) in [5.74, 6) is 1.25. The van der Waals surface area contributed by atoms with Gasteiger partial charge in [0.1, 0.15) is 0 Å². The molecule has 0 aliphatic carbocycles. The van der Waals surface area contributed by atoms with Crippen LogP contribution in [0.1, 0.15) is 115 Å². The molecule has 0 saturated heterocycles. The van der Waals surface area contributed by atoms with Crippen molar-refractivity contribution in [2.45, 2.75) is 116 Å². The molecule has 0 spiro atoms. The zero-order chi connectivity index (χ0) is 25.4. The summed E-state index contributed by atoms with van der Waals surface area (Å²) in [6.07, 6.45) is 22.3.